The van der Waals surface area contributed by atoms with E-state index in [-0.39, 0.29) is 11.9 Å². The van der Waals surface area contributed by atoms with Gasteiger partial charge in [-0.25, -0.2) is 4.98 Å². The smallest absolute Gasteiger partial charge is 0.313 e. The predicted octanol–water partition coefficient (Wildman–Crippen LogP) is 5.60. The van der Waals surface area contributed by atoms with Crippen molar-refractivity contribution in [1.82, 2.24) is 9.97 Å². The van der Waals surface area contributed by atoms with Gasteiger partial charge >= 0.3 is 5.97 Å². The summed E-state index contributed by atoms with van der Waals surface area (Å²) < 4.78 is 5.19. The highest BCUT2D eigenvalue weighted by Crippen LogP contribution is 2.45. The van der Waals surface area contributed by atoms with Gasteiger partial charge in [0.25, 0.3) is 0 Å². The molecule has 4 rings (SSSR count). The number of hydrogen-bond acceptors (Lipinski definition) is 5. The summed E-state index contributed by atoms with van der Waals surface area (Å²) in [6.07, 6.45) is 10.0. The van der Waals surface area contributed by atoms with Crippen LogP contribution in [-0.2, 0) is 22.4 Å². The van der Waals surface area contributed by atoms with Gasteiger partial charge < -0.3 is 4.74 Å². The summed E-state index contributed by atoms with van der Waals surface area (Å²) >= 11 is 1.82. The quantitative estimate of drug-likeness (QED) is 0.528. The summed E-state index contributed by atoms with van der Waals surface area (Å²) in [6, 6.07) is 4.06. The third kappa shape index (κ3) is 3.22. The molecular weight excluding hydrogens is 368 g/mol. The first-order valence-electron chi connectivity index (χ1n) is 10.1. The van der Waals surface area contributed by atoms with E-state index in [2.05, 4.69) is 18.0 Å². The Kier molecular flexibility index (Phi) is 5.44. The van der Waals surface area contributed by atoms with E-state index in [0.29, 0.717) is 0 Å². The van der Waals surface area contributed by atoms with Crippen LogP contribution in [0.4, 0.5) is 0 Å². The molecular formula is C23H26N2O2S. The molecule has 0 saturated heterocycles. The average molecular weight is 395 g/mol. The number of thiophene rings is 1. The molecule has 3 aromatic heterocycles. The maximum Gasteiger partial charge on any atom is 0.313 e. The fourth-order valence-corrected chi connectivity index (χ4v) is 5.78. The van der Waals surface area contributed by atoms with Gasteiger partial charge in [0.15, 0.2) is 0 Å². The van der Waals surface area contributed by atoms with E-state index in [1.165, 1.54) is 35.8 Å². The molecule has 3 aromatic rings. The molecule has 0 aliphatic heterocycles. The Morgan fingerprint density at radius 3 is 2.86 bits per heavy atom. The van der Waals surface area contributed by atoms with Gasteiger partial charge in [0.05, 0.1) is 13.0 Å². The summed E-state index contributed by atoms with van der Waals surface area (Å²) in [5, 5.41) is 1.23. The van der Waals surface area contributed by atoms with Gasteiger partial charge in [0, 0.05) is 33.9 Å². The van der Waals surface area contributed by atoms with Crippen molar-refractivity contribution in [3.05, 3.63) is 46.2 Å². The van der Waals surface area contributed by atoms with Gasteiger partial charge in [0.1, 0.15) is 4.83 Å². The Hall–Kier alpha value is -2.27. The molecule has 0 bridgehead atoms. The number of methoxy groups -OCH3 is 1. The highest BCUT2D eigenvalue weighted by Gasteiger charge is 2.30. The molecule has 146 valence electrons. The molecule has 0 N–H and O–H groups in total. The lowest BCUT2D eigenvalue weighted by Gasteiger charge is -2.22. The number of nitrogens with zero attached hydrogens (tertiary/aromatic N) is 2. The summed E-state index contributed by atoms with van der Waals surface area (Å²) in [4.78, 5) is 24.6. The molecule has 0 amide bonds. The molecule has 1 unspecified atom stereocenters. The van der Waals surface area contributed by atoms with Crippen molar-refractivity contribution in [2.45, 2.75) is 58.3 Å². The molecule has 1 atom stereocenters. The van der Waals surface area contributed by atoms with Gasteiger partial charge in [0.2, 0.25) is 0 Å². The van der Waals surface area contributed by atoms with Crippen molar-refractivity contribution in [1.29, 1.82) is 0 Å². The first kappa shape index (κ1) is 19.1. The Labute approximate surface area is 170 Å². The number of aromatic nitrogens is 2. The lowest BCUT2D eigenvalue weighted by atomic mass is 9.84. The fraction of sp³-hybridized carbons (Fsp3) is 0.435. The van der Waals surface area contributed by atoms with Crippen molar-refractivity contribution < 1.29 is 9.53 Å². The molecule has 3 heterocycles. The minimum atomic E-state index is -0.304. The normalized spacial score (nSPS) is 14.7. The predicted molar refractivity (Wildman–Crippen MR) is 114 cm³/mol. The number of pyridine rings is 2. The number of carbonyl (C=O) groups excluding carboxylic acids is 1. The van der Waals surface area contributed by atoms with Gasteiger partial charge in [-0.15, -0.1) is 11.3 Å². The summed E-state index contributed by atoms with van der Waals surface area (Å²) in [5.41, 5.74) is 5.57. The van der Waals surface area contributed by atoms with Crippen molar-refractivity contribution in [3.63, 3.8) is 0 Å². The number of fused-ring (bicyclic) bond motifs is 3. The summed E-state index contributed by atoms with van der Waals surface area (Å²) in [6.45, 7) is 4.13. The second kappa shape index (κ2) is 8.00. The van der Waals surface area contributed by atoms with E-state index < -0.39 is 0 Å². The van der Waals surface area contributed by atoms with Crippen LogP contribution in [0.1, 0.15) is 60.2 Å². The van der Waals surface area contributed by atoms with Gasteiger partial charge in [-0.1, -0.05) is 19.4 Å². The van der Waals surface area contributed by atoms with Crippen molar-refractivity contribution in [3.8, 4) is 11.1 Å². The maximum atomic E-state index is 12.7. The highest BCUT2D eigenvalue weighted by molar-refractivity contribution is 7.19. The van der Waals surface area contributed by atoms with Crippen molar-refractivity contribution >= 4 is 27.5 Å². The van der Waals surface area contributed by atoms with Gasteiger partial charge in [-0.2, -0.15) is 0 Å². The molecule has 4 nitrogen and oxygen atoms in total. The number of esters is 1. The van der Waals surface area contributed by atoms with Gasteiger partial charge in [-0.3, -0.25) is 9.78 Å². The average Bonchev–Trinajstić information content (AvgIpc) is 3.09. The Morgan fingerprint density at radius 2 is 2.14 bits per heavy atom. The molecule has 1 aliphatic rings. The first-order chi connectivity index (χ1) is 13.7. The zero-order valence-corrected chi connectivity index (χ0v) is 17.6. The van der Waals surface area contributed by atoms with Crippen LogP contribution in [0.5, 0.6) is 0 Å². The highest BCUT2D eigenvalue weighted by atomic mass is 32.1. The Balaban J connectivity index is 2.08. The topological polar surface area (TPSA) is 52.1 Å². The van der Waals surface area contributed by atoms with Crippen LogP contribution >= 0.6 is 11.3 Å². The number of aryl methyl sites for hydroxylation is 3. The second-order valence-electron chi connectivity index (χ2n) is 7.48. The molecule has 0 saturated carbocycles. The number of hydrogen-bond donors (Lipinski definition) is 0. The lowest BCUT2D eigenvalue weighted by molar-refractivity contribution is -0.142. The molecule has 0 radical (unpaired) electrons. The fourth-order valence-electron chi connectivity index (χ4n) is 4.46. The molecule has 0 aromatic carbocycles. The van der Waals surface area contributed by atoms with Crippen LogP contribution in [0, 0.1) is 6.92 Å². The van der Waals surface area contributed by atoms with E-state index in [0.717, 1.165) is 52.9 Å². The maximum absolute atomic E-state index is 12.7. The number of ether oxygens (including phenoxy) is 1. The van der Waals surface area contributed by atoms with E-state index in [1.54, 1.807) is 6.20 Å². The Bertz CT molecular complexity index is 1010. The minimum absolute atomic E-state index is 0.180. The van der Waals surface area contributed by atoms with Crippen LogP contribution in [0.2, 0.25) is 0 Å². The van der Waals surface area contributed by atoms with E-state index in [1.807, 2.05) is 30.5 Å². The van der Waals surface area contributed by atoms with Crippen LogP contribution < -0.4 is 0 Å². The zero-order chi connectivity index (χ0) is 19.7. The third-order valence-corrected chi connectivity index (χ3v) is 6.88. The monoisotopic (exact) mass is 394 g/mol. The SMILES string of the molecule is CCCC(C(=O)OC)c1c(C)nc2sc3c(c2c1-c1cccnc1)CCCC3. The zero-order valence-electron chi connectivity index (χ0n) is 16.7. The van der Waals surface area contributed by atoms with Crippen LogP contribution in [0.15, 0.2) is 24.5 Å². The lowest BCUT2D eigenvalue weighted by Crippen LogP contribution is -2.17. The van der Waals surface area contributed by atoms with Crippen LogP contribution in [0.25, 0.3) is 21.3 Å². The van der Waals surface area contributed by atoms with E-state index in [9.17, 15) is 4.79 Å². The minimum Gasteiger partial charge on any atom is -0.469 e. The van der Waals surface area contributed by atoms with E-state index in [4.69, 9.17) is 9.72 Å². The Morgan fingerprint density at radius 1 is 1.32 bits per heavy atom. The summed E-state index contributed by atoms with van der Waals surface area (Å²) in [5.74, 6) is -0.485. The van der Waals surface area contributed by atoms with Gasteiger partial charge in [-0.05, 0) is 61.8 Å². The molecule has 28 heavy (non-hydrogen) atoms. The van der Waals surface area contributed by atoms with Crippen molar-refractivity contribution in [2.24, 2.45) is 0 Å². The molecule has 0 fully saturated rings. The van der Waals surface area contributed by atoms with Crippen LogP contribution in [-0.4, -0.2) is 23.0 Å². The largest absolute Gasteiger partial charge is 0.469 e. The molecule has 1 aliphatic carbocycles. The third-order valence-electron chi connectivity index (χ3n) is 5.69. The molecule has 5 heteroatoms. The second-order valence-corrected chi connectivity index (χ2v) is 8.57. The molecule has 0 spiro atoms. The number of rotatable bonds is 5. The van der Waals surface area contributed by atoms with Crippen molar-refractivity contribution in [2.75, 3.05) is 7.11 Å². The summed E-state index contributed by atoms with van der Waals surface area (Å²) in [7, 11) is 1.47. The van der Waals surface area contributed by atoms with Crippen LogP contribution in [0.3, 0.4) is 0 Å². The van der Waals surface area contributed by atoms with E-state index >= 15 is 0 Å². The first-order valence-corrected chi connectivity index (χ1v) is 10.9. The number of carbonyl (C=O) groups is 1. The standard InChI is InChI=1S/C23H26N2O2S/c1-4-8-17(23(26)27-3)19-14(2)25-22-21(16-10-5-6-11-18(16)28-22)20(19)15-9-7-12-24-13-15/h7,9,12-13,17H,4-6,8,10-11H2,1-3H3.